The molecule has 0 bridgehead atoms. The number of nitrogens with one attached hydrogen (secondary N) is 1. The van der Waals surface area contributed by atoms with Crippen molar-refractivity contribution in [2.24, 2.45) is 0 Å². The lowest BCUT2D eigenvalue weighted by Crippen LogP contribution is -2.21. The van der Waals surface area contributed by atoms with E-state index < -0.39 is 5.97 Å². The van der Waals surface area contributed by atoms with Gasteiger partial charge in [0.1, 0.15) is 5.01 Å². The van der Waals surface area contributed by atoms with Crippen molar-refractivity contribution in [2.75, 3.05) is 11.9 Å². The number of thiazole rings is 1. The maximum atomic E-state index is 11.8. The van der Waals surface area contributed by atoms with Crippen LogP contribution in [0.3, 0.4) is 0 Å². The molecule has 7 heteroatoms. The van der Waals surface area contributed by atoms with Crippen molar-refractivity contribution in [1.29, 1.82) is 0 Å². The maximum Gasteiger partial charge on any atom is 0.312 e. The lowest BCUT2D eigenvalue weighted by Gasteiger charge is -2.05. The van der Waals surface area contributed by atoms with Gasteiger partial charge in [-0.25, -0.2) is 4.98 Å². The molecule has 2 aromatic heterocycles. The Kier molecular flexibility index (Phi) is 5.35. The molecule has 0 atom stereocenters. The van der Waals surface area contributed by atoms with E-state index in [1.165, 1.54) is 11.3 Å². The first-order chi connectivity index (χ1) is 11.7. The second-order valence-corrected chi connectivity index (χ2v) is 6.68. The van der Waals surface area contributed by atoms with Crippen LogP contribution < -0.4 is 5.32 Å². The zero-order valence-electron chi connectivity index (χ0n) is 12.6. The fraction of sp³-hybridized carbons (Fsp3) is 0.118. The smallest absolute Gasteiger partial charge is 0.312 e. The summed E-state index contributed by atoms with van der Waals surface area (Å²) in [4.78, 5) is 29.0. The van der Waals surface area contributed by atoms with Crippen molar-refractivity contribution in [2.45, 2.75) is 6.42 Å². The fourth-order valence-electron chi connectivity index (χ4n) is 1.97. The number of para-hydroxylation sites is 1. The van der Waals surface area contributed by atoms with Crippen molar-refractivity contribution in [3.05, 3.63) is 58.9 Å². The molecule has 3 aromatic rings. The number of aromatic nitrogens is 1. The number of thiophene rings is 1. The van der Waals surface area contributed by atoms with Crippen LogP contribution in [0.15, 0.2) is 53.2 Å². The molecule has 1 amide bonds. The summed E-state index contributed by atoms with van der Waals surface area (Å²) >= 11 is 3.09. The molecule has 0 aliphatic heterocycles. The molecule has 5 nitrogen and oxygen atoms in total. The zero-order chi connectivity index (χ0) is 16.8. The molecule has 0 fully saturated rings. The van der Waals surface area contributed by atoms with E-state index in [0.717, 1.165) is 9.88 Å². The normalized spacial score (nSPS) is 10.3. The summed E-state index contributed by atoms with van der Waals surface area (Å²) in [7, 11) is 0. The molecular formula is C17H14N2O3S2. The molecule has 0 saturated heterocycles. The van der Waals surface area contributed by atoms with Gasteiger partial charge in [0.2, 0.25) is 0 Å². The standard InChI is InChI=1S/C17H14N2O3S2/c20-15(18-12-5-2-1-3-6-12)10-22-16(21)9-13-11-24-17(19-13)14-7-4-8-23-14/h1-8,11H,9-10H2,(H,18,20). The van der Waals surface area contributed by atoms with Gasteiger partial charge in [0, 0.05) is 11.1 Å². The average Bonchev–Trinajstić information content (AvgIpc) is 3.25. The van der Waals surface area contributed by atoms with E-state index in [1.54, 1.807) is 23.5 Å². The van der Waals surface area contributed by atoms with Crippen LogP contribution in [0.1, 0.15) is 5.69 Å². The minimum atomic E-state index is -0.471. The second kappa shape index (κ2) is 7.85. The number of rotatable bonds is 6. The number of hydrogen-bond acceptors (Lipinski definition) is 6. The first-order valence-corrected chi connectivity index (χ1v) is 8.95. The molecule has 2 heterocycles. The maximum absolute atomic E-state index is 11.8. The molecule has 0 radical (unpaired) electrons. The number of esters is 1. The third kappa shape index (κ3) is 4.50. The summed E-state index contributed by atoms with van der Waals surface area (Å²) in [5.74, 6) is -0.839. The van der Waals surface area contributed by atoms with Crippen LogP contribution in [-0.2, 0) is 20.7 Å². The highest BCUT2D eigenvalue weighted by Gasteiger charge is 2.12. The topological polar surface area (TPSA) is 68.3 Å². The molecule has 0 unspecified atom stereocenters. The number of hydrogen-bond donors (Lipinski definition) is 1. The van der Waals surface area contributed by atoms with Crippen molar-refractivity contribution in [3.63, 3.8) is 0 Å². The van der Waals surface area contributed by atoms with Gasteiger partial charge in [-0.2, -0.15) is 0 Å². The van der Waals surface area contributed by atoms with Gasteiger partial charge in [-0.3, -0.25) is 9.59 Å². The molecule has 1 aromatic carbocycles. The van der Waals surface area contributed by atoms with Gasteiger partial charge in [0.25, 0.3) is 5.91 Å². The van der Waals surface area contributed by atoms with Crippen molar-refractivity contribution in [1.82, 2.24) is 4.98 Å². The summed E-state index contributed by atoms with van der Waals surface area (Å²) in [6, 6.07) is 13.0. The number of amides is 1. The number of carbonyl (C=O) groups is 2. The van der Waals surface area contributed by atoms with E-state index in [-0.39, 0.29) is 18.9 Å². The Hall–Kier alpha value is -2.51. The van der Waals surface area contributed by atoms with Gasteiger partial charge >= 0.3 is 5.97 Å². The second-order valence-electron chi connectivity index (χ2n) is 4.87. The molecule has 0 aliphatic rings. The van der Waals surface area contributed by atoms with Gasteiger partial charge in [-0.05, 0) is 23.6 Å². The lowest BCUT2D eigenvalue weighted by atomic mass is 10.3. The van der Waals surface area contributed by atoms with E-state index in [4.69, 9.17) is 4.74 Å². The summed E-state index contributed by atoms with van der Waals surface area (Å²) in [6.45, 7) is -0.310. The number of anilines is 1. The van der Waals surface area contributed by atoms with Crippen LogP contribution >= 0.6 is 22.7 Å². The van der Waals surface area contributed by atoms with Crippen molar-refractivity contribution >= 4 is 40.2 Å². The van der Waals surface area contributed by atoms with Gasteiger partial charge < -0.3 is 10.1 Å². The predicted molar refractivity (Wildman–Crippen MR) is 95.2 cm³/mol. The van der Waals surface area contributed by atoms with Crippen LogP contribution in [-0.4, -0.2) is 23.5 Å². The minimum absolute atomic E-state index is 0.0560. The van der Waals surface area contributed by atoms with Crippen LogP contribution in [0.5, 0.6) is 0 Å². The molecule has 1 N–H and O–H groups in total. The highest BCUT2D eigenvalue weighted by atomic mass is 32.1. The van der Waals surface area contributed by atoms with E-state index in [0.29, 0.717) is 11.4 Å². The van der Waals surface area contributed by atoms with Gasteiger partial charge in [0.05, 0.1) is 17.0 Å². The molecular weight excluding hydrogens is 344 g/mol. The minimum Gasteiger partial charge on any atom is -0.455 e. The number of carbonyl (C=O) groups excluding carboxylic acids is 2. The molecule has 0 saturated carbocycles. The Morgan fingerprint density at radius 1 is 1.08 bits per heavy atom. The molecule has 24 heavy (non-hydrogen) atoms. The van der Waals surface area contributed by atoms with Crippen molar-refractivity contribution < 1.29 is 14.3 Å². The highest BCUT2D eigenvalue weighted by molar-refractivity contribution is 7.20. The summed E-state index contributed by atoms with van der Waals surface area (Å²) < 4.78 is 5.00. The van der Waals surface area contributed by atoms with Gasteiger partial charge in [-0.15, -0.1) is 22.7 Å². The first-order valence-electron chi connectivity index (χ1n) is 7.19. The largest absolute Gasteiger partial charge is 0.455 e. The Balaban J connectivity index is 1.47. The number of nitrogens with zero attached hydrogens (tertiary/aromatic N) is 1. The quantitative estimate of drug-likeness (QED) is 0.684. The van der Waals surface area contributed by atoms with Crippen molar-refractivity contribution in [3.8, 4) is 9.88 Å². The summed E-state index contributed by atoms with van der Waals surface area (Å²) in [5.41, 5.74) is 1.32. The van der Waals surface area contributed by atoms with Gasteiger partial charge in [0.15, 0.2) is 6.61 Å². The third-order valence-corrected chi connectivity index (χ3v) is 4.96. The molecule has 0 spiro atoms. The molecule has 3 rings (SSSR count). The zero-order valence-corrected chi connectivity index (χ0v) is 14.2. The fourth-order valence-corrected chi connectivity index (χ4v) is 3.60. The van der Waals surface area contributed by atoms with Crippen LogP contribution in [0.4, 0.5) is 5.69 Å². The monoisotopic (exact) mass is 358 g/mol. The van der Waals surface area contributed by atoms with Crippen LogP contribution in [0.25, 0.3) is 9.88 Å². The molecule has 122 valence electrons. The SMILES string of the molecule is O=C(COC(=O)Cc1csc(-c2cccs2)n1)Nc1ccccc1. The van der Waals surface area contributed by atoms with E-state index >= 15 is 0 Å². The van der Waals surface area contributed by atoms with E-state index in [1.807, 2.05) is 41.1 Å². The van der Waals surface area contributed by atoms with E-state index in [9.17, 15) is 9.59 Å². The van der Waals surface area contributed by atoms with Gasteiger partial charge in [-0.1, -0.05) is 24.3 Å². The Morgan fingerprint density at radius 3 is 2.67 bits per heavy atom. The summed E-state index contributed by atoms with van der Waals surface area (Å²) in [5, 5.41) is 7.36. The Morgan fingerprint density at radius 2 is 1.92 bits per heavy atom. The number of ether oxygens (including phenoxy) is 1. The van der Waals surface area contributed by atoms with Crippen LogP contribution in [0.2, 0.25) is 0 Å². The number of benzene rings is 1. The summed E-state index contributed by atoms with van der Waals surface area (Å²) in [6.07, 6.45) is 0.0560. The Bertz CT molecular complexity index is 814. The molecule has 0 aliphatic carbocycles. The highest BCUT2D eigenvalue weighted by Crippen LogP contribution is 2.27. The predicted octanol–water partition coefficient (Wildman–Crippen LogP) is 3.60. The first kappa shape index (κ1) is 16.4. The Labute approximate surface area is 146 Å². The average molecular weight is 358 g/mol. The third-order valence-electron chi connectivity index (χ3n) is 3.03. The lowest BCUT2D eigenvalue weighted by molar-refractivity contribution is -0.146. The van der Waals surface area contributed by atoms with Crippen LogP contribution in [0, 0.1) is 0 Å². The van der Waals surface area contributed by atoms with E-state index in [2.05, 4.69) is 10.3 Å².